The van der Waals surface area contributed by atoms with Gasteiger partial charge in [-0.3, -0.25) is 0 Å². The maximum atomic E-state index is 5.47. The molecule has 0 saturated heterocycles. The summed E-state index contributed by atoms with van der Waals surface area (Å²) in [4.78, 5) is 4.39. The molecule has 0 aliphatic heterocycles. The molecule has 0 bridgehead atoms. The lowest BCUT2D eigenvalue weighted by molar-refractivity contribution is 0.708. The first-order valence-electron chi connectivity index (χ1n) is 4.50. The van der Waals surface area contributed by atoms with Gasteiger partial charge in [0, 0.05) is 11.9 Å². The number of nitrogens with two attached hydrogens (primary N) is 1. The van der Waals surface area contributed by atoms with E-state index in [1.54, 1.807) is 11.3 Å². The molecule has 68 valence electrons. The first kappa shape index (κ1) is 9.68. The van der Waals surface area contributed by atoms with Crippen LogP contribution in [-0.4, -0.2) is 4.98 Å². The van der Waals surface area contributed by atoms with Crippen molar-refractivity contribution in [3.8, 4) is 0 Å². The highest BCUT2D eigenvalue weighted by molar-refractivity contribution is 7.09. The maximum absolute atomic E-state index is 5.47. The van der Waals surface area contributed by atoms with Crippen LogP contribution in [0.4, 0.5) is 0 Å². The first-order valence-corrected chi connectivity index (χ1v) is 5.38. The van der Waals surface area contributed by atoms with E-state index in [1.807, 2.05) is 0 Å². The zero-order valence-electron chi connectivity index (χ0n) is 7.55. The summed E-state index contributed by atoms with van der Waals surface area (Å²) in [6.45, 7) is 2.80. The molecule has 1 rings (SSSR count). The predicted octanol–water partition coefficient (Wildman–Crippen LogP) is 2.33. The SMILES string of the molecule is CCCCCc1csc(CN)n1. The van der Waals surface area contributed by atoms with E-state index in [-0.39, 0.29) is 0 Å². The van der Waals surface area contributed by atoms with Crippen molar-refractivity contribution in [2.75, 3.05) is 0 Å². The fourth-order valence-corrected chi connectivity index (χ4v) is 1.82. The van der Waals surface area contributed by atoms with Crippen molar-refractivity contribution in [3.63, 3.8) is 0 Å². The second kappa shape index (κ2) is 5.27. The fourth-order valence-electron chi connectivity index (χ4n) is 1.11. The molecule has 3 heteroatoms. The third kappa shape index (κ3) is 2.91. The molecule has 1 aromatic rings. The maximum Gasteiger partial charge on any atom is 0.106 e. The largest absolute Gasteiger partial charge is 0.325 e. The average molecular weight is 184 g/mol. The summed E-state index contributed by atoms with van der Waals surface area (Å²) in [5, 5.41) is 3.18. The molecular weight excluding hydrogens is 168 g/mol. The normalized spacial score (nSPS) is 10.5. The monoisotopic (exact) mass is 184 g/mol. The quantitative estimate of drug-likeness (QED) is 0.713. The number of unbranched alkanes of at least 4 members (excludes halogenated alkanes) is 2. The molecule has 0 fully saturated rings. The third-order valence-corrected chi connectivity index (χ3v) is 2.73. The van der Waals surface area contributed by atoms with Crippen molar-refractivity contribution in [1.82, 2.24) is 4.98 Å². The van der Waals surface area contributed by atoms with Crippen molar-refractivity contribution in [2.24, 2.45) is 5.73 Å². The highest BCUT2D eigenvalue weighted by Gasteiger charge is 1.98. The topological polar surface area (TPSA) is 38.9 Å². The van der Waals surface area contributed by atoms with Gasteiger partial charge < -0.3 is 5.73 Å². The minimum absolute atomic E-state index is 0.582. The van der Waals surface area contributed by atoms with Gasteiger partial charge in [0.25, 0.3) is 0 Å². The van der Waals surface area contributed by atoms with E-state index in [0.717, 1.165) is 11.4 Å². The van der Waals surface area contributed by atoms with Crippen LogP contribution >= 0.6 is 11.3 Å². The highest BCUT2D eigenvalue weighted by Crippen LogP contribution is 2.11. The highest BCUT2D eigenvalue weighted by atomic mass is 32.1. The van der Waals surface area contributed by atoms with Gasteiger partial charge in [0.2, 0.25) is 0 Å². The summed E-state index contributed by atoms with van der Waals surface area (Å²) in [7, 11) is 0. The fraction of sp³-hybridized carbons (Fsp3) is 0.667. The third-order valence-electron chi connectivity index (χ3n) is 1.81. The smallest absolute Gasteiger partial charge is 0.106 e. The molecule has 2 N–H and O–H groups in total. The number of hydrogen-bond acceptors (Lipinski definition) is 3. The molecule has 1 heterocycles. The molecule has 0 unspecified atom stereocenters. The zero-order valence-corrected chi connectivity index (χ0v) is 8.36. The van der Waals surface area contributed by atoms with Crippen LogP contribution in [0.3, 0.4) is 0 Å². The summed E-state index contributed by atoms with van der Waals surface area (Å²) < 4.78 is 0. The molecule has 0 aliphatic rings. The summed E-state index contributed by atoms with van der Waals surface area (Å²) in [5.41, 5.74) is 6.68. The van der Waals surface area contributed by atoms with E-state index in [2.05, 4.69) is 17.3 Å². The molecule has 0 atom stereocenters. The van der Waals surface area contributed by atoms with Crippen LogP contribution in [0.25, 0.3) is 0 Å². The summed E-state index contributed by atoms with van der Waals surface area (Å²) in [5.74, 6) is 0. The van der Waals surface area contributed by atoms with Gasteiger partial charge in [0.05, 0.1) is 5.69 Å². The van der Waals surface area contributed by atoms with Gasteiger partial charge in [-0.1, -0.05) is 19.8 Å². The lowest BCUT2D eigenvalue weighted by Crippen LogP contribution is -1.95. The van der Waals surface area contributed by atoms with Crippen LogP contribution in [0.1, 0.15) is 36.9 Å². The van der Waals surface area contributed by atoms with Crippen molar-refractivity contribution in [2.45, 2.75) is 39.2 Å². The van der Waals surface area contributed by atoms with Crippen LogP contribution in [0.5, 0.6) is 0 Å². The molecule has 1 aromatic heterocycles. The van der Waals surface area contributed by atoms with Crippen molar-refractivity contribution < 1.29 is 0 Å². The van der Waals surface area contributed by atoms with Crippen molar-refractivity contribution >= 4 is 11.3 Å². The Bertz CT molecular complexity index is 220. The number of aromatic nitrogens is 1. The Kier molecular flexibility index (Phi) is 4.25. The van der Waals surface area contributed by atoms with Crippen LogP contribution in [0.15, 0.2) is 5.38 Å². The number of nitrogens with zero attached hydrogens (tertiary/aromatic N) is 1. The molecular formula is C9H16N2S. The van der Waals surface area contributed by atoms with Gasteiger partial charge in [0.1, 0.15) is 5.01 Å². The Morgan fingerprint density at radius 3 is 2.92 bits per heavy atom. The van der Waals surface area contributed by atoms with E-state index < -0.39 is 0 Å². The van der Waals surface area contributed by atoms with E-state index in [4.69, 9.17) is 5.73 Å². The van der Waals surface area contributed by atoms with Crippen LogP contribution in [0.2, 0.25) is 0 Å². The van der Waals surface area contributed by atoms with Gasteiger partial charge in [-0.25, -0.2) is 4.98 Å². The molecule has 0 aliphatic carbocycles. The summed E-state index contributed by atoms with van der Waals surface area (Å²) in [6, 6.07) is 0. The Morgan fingerprint density at radius 2 is 2.33 bits per heavy atom. The summed E-state index contributed by atoms with van der Waals surface area (Å²) in [6.07, 6.45) is 4.94. The predicted molar refractivity (Wildman–Crippen MR) is 53.2 cm³/mol. The summed E-state index contributed by atoms with van der Waals surface area (Å²) >= 11 is 1.67. The Morgan fingerprint density at radius 1 is 1.50 bits per heavy atom. The minimum Gasteiger partial charge on any atom is -0.325 e. The molecule has 0 radical (unpaired) electrons. The number of hydrogen-bond donors (Lipinski definition) is 1. The van der Waals surface area contributed by atoms with Gasteiger partial charge in [-0.15, -0.1) is 11.3 Å². The van der Waals surface area contributed by atoms with Crippen molar-refractivity contribution in [1.29, 1.82) is 0 Å². The average Bonchev–Trinajstić information content (AvgIpc) is 2.53. The number of aryl methyl sites for hydroxylation is 1. The van der Waals surface area contributed by atoms with Gasteiger partial charge in [-0.05, 0) is 12.8 Å². The second-order valence-corrected chi connectivity index (χ2v) is 3.84. The lowest BCUT2D eigenvalue weighted by atomic mass is 10.2. The van der Waals surface area contributed by atoms with Crippen LogP contribution in [-0.2, 0) is 13.0 Å². The lowest BCUT2D eigenvalue weighted by Gasteiger charge is -1.93. The molecule has 0 spiro atoms. The Balaban J connectivity index is 2.31. The number of thiazole rings is 1. The minimum atomic E-state index is 0.582. The Hall–Kier alpha value is -0.410. The molecule has 2 nitrogen and oxygen atoms in total. The Labute approximate surface area is 77.8 Å². The van der Waals surface area contributed by atoms with Crippen molar-refractivity contribution in [3.05, 3.63) is 16.1 Å². The molecule has 0 aromatic carbocycles. The molecule has 0 saturated carbocycles. The molecule has 0 amide bonds. The van der Waals surface area contributed by atoms with Gasteiger partial charge in [0.15, 0.2) is 0 Å². The first-order chi connectivity index (χ1) is 5.86. The zero-order chi connectivity index (χ0) is 8.81. The van der Waals surface area contributed by atoms with E-state index in [9.17, 15) is 0 Å². The van der Waals surface area contributed by atoms with E-state index in [0.29, 0.717) is 6.54 Å². The van der Waals surface area contributed by atoms with E-state index in [1.165, 1.54) is 25.0 Å². The van der Waals surface area contributed by atoms with Gasteiger partial charge in [-0.2, -0.15) is 0 Å². The van der Waals surface area contributed by atoms with Gasteiger partial charge >= 0.3 is 0 Å². The standard InChI is InChI=1S/C9H16N2S/c1-2-3-4-5-8-7-12-9(6-10)11-8/h7H,2-6,10H2,1H3. The van der Waals surface area contributed by atoms with Crippen LogP contribution in [0, 0.1) is 0 Å². The molecule has 12 heavy (non-hydrogen) atoms. The van der Waals surface area contributed by atoms with E-state index >= 15 is 0 Å². The van der Waals surface area contributed by atoms with Crippen LogP contribution < -0.4 is 5.73 Å². The second-order valence-electron chi connectivity index (χ2n) is 2.89. The number of rotatable bonds is 5.